The zero-order chi connectivity index (χ0) is 14.5. The molecule has 1 aromatic heterocycles. The van der Waals surface area contributed by atoms with Crippen LogP contribution in [0.2, 0.25) is 0 Å². The molecule has 6 heteroatoms. The standard InChI is InChI=1S/C15H22N4O2/c20-15(16-11-12-5-4-10-21-12)13-6-7-14(18-17-13)19-8-2-1-3-9-19/h6-7,12H,1-5,8-11H2,(H,16,20). The second-order valence-corrected chi connectivity index (χ2v) is 5.67. The van der Waals surface area contributed by atoms with Gasteiger partial charge in [0.25, 0.3) is 5.91 Å². The van der Waals surface area contributed by atoms with Crippen molar-refractivity contribution in [2.24, 2.45) is 0 Å². The van der Waals surface area contributed by atoms with Crippen molar-refractivity contribution in [3.05, 3.63) is 17.8 Å². The van der Waals surface area contributed by atoms with Crippen LogP contribution < -0.4 is 10.2 Å². The lowest BCUT2D eigenvalue weighted by atomic mass is 10.1. The molecule has 1 amide bonds. The summed E-state index contributed by atoms with van der Waals surface area (Å²) in [5, 5.41) is 11.1. The molecule has 0 aliphatic carbocycles. The Hall–Kier alpha value is -1.69. The molecule has 3 rings (SSSR count). The van der Waals surface area contributed by atoms with Crippen molar-refractivity contribution in [2.75, 3.05) is 31.1 Å². The summed E-state index contributed by atoms with van der Waals surface area (Å²) in [6.45, 7) is 3.40. The van der Waals surface area contributed by atoms with Gasteiger partial charge in [0.15, 0.2) is 11.5 Å². The molecule has 1 aromatic rings. The van der Waals surface area contributed by atoms with E-state index in [-0.39, 0.29) is 12.0 Å². The number of carbonyl (C=O) groups is 1. The van der Waals surface area contributed by atoms with Gasteiger partial charge < -0.3 is 15.0 Å². The van der Waals surface area contributed by atoms with E-state index < -0.39 is 0 Å². The van der Waals surface area contributed by atoms with Gasteiger partial charge in [-0.2, -0.15) is 0 Å². The zero-order valence-corrected chi connectivity index (χ0v) is 12.3. The first-order valence-electron chi connectivity index (χ1n) is 7.81. The van der Waals surface area contributed by atoms with E-state index in [9.17, 15) is 4.79 Å². The summed E-state index contributed by atoms with van der Waals surface area (Å²) in [7, 11) is 0. The molecule has 6 nitrogen and oxygen atoms in total. The highest BCUT2D eigenvalue weighted by molar-refractivity contribution is 5.92. The van der Waals surface area contributed by atoms with Gasteiger partial charge in [-0.05, 0) is 44.2 Å². The summed E-state index contributed by atoms with van der Waals surface area (Å²) in [6, 6.07) is 3.64. The Kier molecular flexibility index (Phi) is 4.65. The number of nitrogens with zero attached hydrogens (tertiary/aromatic N) is 3. The average molecular weight is 290 g/mol. The summed E-state index contributed by atoms with van der Waals surface area (Å²) < 4.78 is 5.48. The van der Waals surface area contributed by atoms with Gasteiger partial charge in [0, 0.05) is 26.2 Å². The Morgan fingerprint density at radius 3 is 2.76 bits per heavy atom. The number of aromatic nitrogens is 2. The van der Waals surface area contributed by atoms with Crippen molar-refractivity contribution in [3.8, 4) is 0 Å². The molecule has 0 bridgehead atoms. The molecule has 2 aliphatic rings. The molecule has 0 aromatic carbocycles. The highest BCUT2D eigenvalue weighted by atomic mass is 16.5. The summed E-state index contributed by atoms with van der Waals surface area (Å²) in [5.41, 5.74) is 0.369. The number of hydrogen-bond acceptors (Lipinski definition) is 5. The molecule has 2 saturated heterocycles. The largest absolute Gasteiger partial charge is 0.376 e. The Labute approximate surface area is 124 Å². The Morgan fingerprint density at radius 1 is 1.24 bits per heavy atom. The molecule has 0 spiro atoms. The predicted molar refractivity (Wildman–Crippen MR) is 79.4 cm³/mol. The van der Waals surface area contributed by atoms with E-state index in [1.165, 1.54) is 19.3 Å². The molecule has 1 atom stereocenters. The molecular formula is C15H22N4O2. The van der Waals surface area contributed by atoms with Crippen LogP contribution in [0.4, 0.5) is 5.82 Å². The minimum atomic E-state index is -0.178. The SMILES string of the molecule is O=C(NCC1CCCO1)c1ccc(N2CCCCC2)nn1. The number of rotatable bonds is 4. The third-order valence-electron chi connectivity index (χ3n) is 4.08. The first kappa shape index (κ1) is 14.3. The van der Waals surface area contributed by atoms with Crippen LogP contribution in [0.25, 0.3) is 0 Å². The highest BCUT2D eigenvalue weighted by Gasteiger charge is 2.18. The minimum Gasteiger partial charge on any atom is -0.376 e. The number of nitrogens with one attached hydrogen (secondary N) is 1. The van der Waals surface area contributed by atoms with Gasteiger partial charge in [-0.3, -0.25) is 4.79 Å². The summed E-state index contributed by atoms with van der Waals surface area (Å²) >= 11 is 0. The maximum absolute atomic E-state index is 12.0. The Balaban J connectivity index is 1.54. The lowest BCUT2D eigenvalue weighted by Crippen LogP contribution is -2.33. The van der Waals surface area contributed by atoms with Gasteiger partial charge in [0.1, 0.15) is 0 Å². The fourth-order valence-corrected chi connectivity index (χ4v) is 2.84. The van der Waals surface area contributed by atoms with E-state index in [1.54, 1.807) is 6.07 Å². The van der Waals surface area contributed by atoms with Gasteiger partial charge in [0.2, 0.25) is 0 Å². The van der Waals surface area contributed by atoms with Crippen molar-refractivity contribution in [1.29, 1.82) is 0 Å². The molecular weight excluding hydrogens is 268 g/mol. The van der Waals surface area contributed by atoms with Crippen molar-refractivity contribution < 1.29 is 9.53 Å². The van der Waals surface area contributed by atoms with Crippen LogP contribution in [0.1, 0.15) is 42.6 Å². The molecule has 0 saturated carbocycles. The zero-order valence-electron chi connectivity index (χ0n) is 12.3. The molecule has 114 valence electrons. The molecule has 3 heterocycles. The first-order valence-corrected chi connectivity index (χ1v) is 7.81. The minimum absolute atomic E-state index is 0.148. The van der Waals surface area contributed by atoms with Crippen LogP contribution in [0.3, 0.4) is 0 Å². The summed E-state index contributed by atoms with van der Waals surface area (Å²) in [6.07, 6.45) is 5.92. The van der Waals surface area contributed by atoms with Crippen molar-refractivity contribution in [1.82, 2.24) is 15.5 Å². The number of amides is 1. The molecule has 1 unspecified atom stereocenters. The molecule has 21 heavy (non-hydrogen) atoms. The van der Waals surface area contributed by atoms with E-state index in [1.807, 2.05) is 6.07 Å². The van der Waals surface area contributed by atoms with Gasteiger partial charge >= 0.3 is 0 Å². The van der Waals surface area contributed by atoms with Crippen LogP contribution in [-0.2, 0) is 4.74 Å². The third kappa shape index (κ3) is 3.69. The number of hydrogen-bond donors (Lipinski definition) is 1. The van der Waals surface area contributed by atoms with Gasteiger partial charge in [-0.15, -0.1) is 10.2 Å². The van der Waals surface area contributed by atoms with Gasteiger partial charge in [0.05, 0.1) is 6.10 Å². The van der Waals surface area contributed by atoms with Gasteiger partial charge in [-0.25, -0.2) is 0 Å². The fourth-order valence-electron chi connectivity index (χ4n) is 2.84. The van der Waals surface area contributed by atoms with Crippen LogP contribution in [-0.4, -0.2) is 48.4 Å². The van der Waals surface area contributed by atoms with E-state index >= 15 is 0 Å². The fraction of sp³-hybridized carbons (Fsp3) is 0.667. The molecule has 2 fully saturated rings. The second kappa shape index (κ2) is 6.85. The van der Waals surface area contributed by atoms with Crippen molar-refractivity contribution in [2.45, 2.75) is 38.2 Å². The first-order chi connectivity index (χ1) is 10.3. The van der Waals surface area contributed by atoms with Crippen LogP contribution in [0.5, 0.6) is 0 Å². The number of ether oxygens (including phenoxy) is 1. The monoisotopic (exact) mass is 290 g/mol. The molecule has 1 N–H and O–H groups in total. The molecule has 0 radical (unpaired) electrons. The topological polar surface area (TPSA) is 67.3 Å². The van der Waals surface area contributed by atoms with E-state index in [4.69, 9.17) is 4.74 Å². The van der Waals surface area contributed by atoms with Crippen LogP contribution >= 0.6 is 0 Å². The highest BCUT2D eigenvalue weighted by Crippen LogP contribution is 2.16. The maximum Gasteiger partial charge on any atom is 0.271 e. The number of anilines is 1. The van der Waals surface area contributed by atoms with Crippen molar-refractivity contribution in [3.63, 3.8) is 0 Å². The predicted octanol–water partition coefficient (Wildman–Crippen LogP) is 1.38. The van der Waals surface area contributed by atoms with E-state index in [2.05, 4.69) is 20.4 Å². The summed E-state index contributed by atoms with van der Waals surface area (Å²) in [5.74, 6) is 0.688. The maximum atomic E-state index is 12.0. The Morgan fingerprint density at radius 2 is 2.10 bits per heavy atom. The normalized spacial score (nSPS) is 22.3. The van der Waals surface area contributed by atoms with Gasteiger partial charge in [-0.1, -0.05) is 0 Å². The lowest BCUT2D eigenvalue weighted by Gasteiger charge is -2.27. The van der Waals surface area contributed by atoms with Crippen LogP contribution in [0, 0.1) is 0 Å². The summed E-state index contributed by atoms with van der Waals surface area (Å²) in [4.78, 5) is 14.2. The molecule has 2 aliphatic heterocycles. The third-order valence-corrected chi connectivity index (χ3v) is 4.08. The lowest BCUT2D eigenvalue weighted by molar-refractivity contribution is 0.0853. The Bertz CT molecular complexity index is 465. The second-order valence-electron chi connectivity index (χ2n) is 5.67. The smallest absolute Gasteiger partial charge is 0.271 e. The van der Waals surface area contributed by atoms with E-state index in [0.29, 0.717) is 12.2 Å². The average Bonchev–Trinajstić information content (AvgIpc) is 3.07. The van der Waals surface area contributed by atoms with Crippen molar-refractivity contribution >= 4 is 11.7 Å². The van der Waals surface area contributed by atoms with Crippen LogP contribution in [0.15, 0.2) is 12.1 Å². The van der Waals surface area contributed by atoms with E-state index in [0.717, 1.165) is 38.4 Å². The number of carbonyl (C=O) groups excluding carboxylic acids is 1. The quantitative estimate of drug-likeness (QED) is 0.907. The number of piperidine rings is 1.